The Bertz CT molecular complexity index is 2070. The fourth-order valence-electron chi connectivity index (χ4n) is 6.82. The van der Waals surface area contributed by atoms with Crippen LogP contribution in [0.1, 0.15) is 64.7 Å². The fourth-order valence-corrected chi connectivity index (χ4v) is 9.05. The summed E-state index contributed by atoms with van der Waals surface area (Å²) in [5.41, 5.74) is 2.11. The van der Waals surface area contributed by atoms with Crippen LogP contribution in [0.2, 0.25) is 10.0 Å². The molecular weight excluding hydrogens is 701 g/mol. The van der Waals surface area contributed by atoms with Gasteiger partial charge in [0.1, 0.15) is 11.8 Å². The number of nitrogens with zero attached hydrogens (tertiary/aromatic N) is 3. The molecule has 1 aliphatic rings. The molecule has 4 aromatic carbocycles. The molecule has 0 radical (unpaired) electrons. The minimum atomic E-state index is -3.88. The smallest absolute Gasteiger partial charge is 0.255 e. The van der Waals surface area contributed by atoms with Gasteiger partial charge in [0.25, 0.3) is 5.91 Å². The van der Waals surface area contributed by atoms with Crippen molar-refractivity contribution < 1.29 is 22.2 Å². The molecule has 3 atom stereocenters. The Labute approximate surface area is 300 Å². The molecule has 8 nitrogen and oxygen atoms in total. The number of hydrogen-bond donors (Lipinski definition) is 0. The van der Waals surface area contributed by atoms with Gasteiger partial charge in [-0.3, -0.25) is 13.9 Å². The van der Waals surface area contributed by atoms with E-state index in [1.807, 2.05) is 42.5 Å². The summed E-state index contributed by atoms with van der Waals surface area (Å²) < 4.78 is 43.9. The van der Waals surface area contributed by atoms with E-state index in [0.717, 1.165) is 54.6 Å². The monoisotopic (exact) mass is 739 g/mol. The minimum absolute atomic E-state index is 0.0329. The van der Waals surface area contributed by atoms with Crippen LogP contribution in [-0.4, -0.2) is 74.6 Å². The molecule has 0 bridgehead atoms. The molecule has 0 spiro atoms. The third kappa shape index (κ3) is 8.13. The number of sulfone groups is 1. The van der Waals surface area contributed by atoms with Gasteiger partial charge in [-0.05, 0) is 96.9 Å². The van der Waals surface area contributed by atoms with Gasteiger partial charge in [-0.2, -0.15) is 5.26 Å². The summed E-state index contributed by atoms with van der Waals surface area (Å²) >= 11 is 12.8. The molecule has 2 unspecified atom stereocenters. The number of amides is 1. The molecule has 5 rings (SSSR count). The summed E-state index contributed by atoms with van der Waals surface area (Å²) in [4.78, 5) is 18.4. The lowest BCUT2D eigenvalue weighted by molar-refractivity contribution is 0.0785. The molecular formula is C37H39Cl2N3O5S2. The standard InChI is InChI=1S/C37H39Cl2N3O5S2/c1-41(37(43)35-30-10-6-5-9-24(30)19-27(23-40)36(35)49(4,45)46)16-7-8-17-42-18-15-25(21-33(42)26-11-14-31(38)32(39)20-26)29-13-12-28(47-2)22-34(29)48(3)44/h5-6,9-14,19-20,22,25,33H,7-8,15-18,21H2,1-4H3/t25?,33-,48?/m0/s1. The van der Waals surface area contributed by atoms with Gasteiger partial charge in [0, 0.05) is 37.0 Å². The number of methoxy groups -OCH3 is 1. The lowest BCUT2D eigenvalue weighted by Gasteiger charge is -2.40. The molecule has 0 aromatic heterocycles. The maximum Gasteiger partial charge on any atom is 0.255 e. The quantitative estimate of drug-likeness (QED) is 0.146. The molecule has 1 fully saturated rings. The summed E-state index contributed by atoms with van der Waals surface area (Å²) in [5, 5.41) is 11.9. The summed E-state index contributed by atoms with van der Waals surface area (Å²) in [6, 6.07) is 22.1. The van der Waals surface area contributed by atoms with E-state index in [0.29, 0.717) is 39.5 Å². The number of piperidine rings is 1. The van der Waals surface area contributed by atoms with Crippen molar-refractivity contribution in [2.24, 2.45) is 0 Å². The number of ether oxygens (including phenoxy) is 1. The fraction of sp³-hybridized carbons (Fsp3) is 0.351. The van der Waals surface area contributed by atoms with Crippen molar-refractivity contribution >= 4 is 60.5 Å². The first-order valence-electron chi connectivity index (χ1n) is 16.0. The van der Waals surface area contributed by atoms with E-state index in [-0.39, 0.29) is 28.0 Å². The number of halogens is 2. The van der Waals surface area contributed by atoms with Crippen LogP contribution in [0.15, 0.2) is 76.5 Å². The van der Waals surface area contributed by atoms with Crippen LogP contribution in [-0.2, 0) is 20.6 Å². The zero-order valence-corrected chi connectivity index (χ0v) is 31.1. The molecule has 1 aliphatic heterocycles. The second-order valence-corrected chi connectivity index (χ2v) is 16.6. The Balaban J connectivity index is 1.33. The van der Waals surface area contributed by atoms with Gasteiger partial charge in [0.05, 0.1) is 44.0 Å². The predicted molar refractivity (Wildman–Crippen MR) is 196 cm³/mol. The van der Waals surface area contributed by atoms with Gasteiger partial charge in [-0.15, -0.1) is 0 Å². The normalized spacial score (nSPS) is 17.4. The predicted octanol–water partition coefficient (Wildman–Crippen LogP) is 7.64. The largest absolute Gasteiger partial charge is 0.497 e. The highest BCUT2D eigenvalue weighted by Gasteiger charge is 2.32. The Morgan fingerprint density at radius 2 is 1.84 bits per heavy atom. The SMILES string of the molecule is COc1ccc(C2CCN(CCCCN(C)C(=O)c3c(S(C)(=O)=O)c(C#N)cc4ccccc34)[C@H](c3ccc(Cl)c(Cl)c3)C2)c(S(C)=O)c1. The number of carbonyl (C=O) groups excluding carboxylic acids is 1. The first kappa shape index (κ1) is 36.8. The molecule has 0 saturated carbocycles. The molecule has 1 saturated heterocycles. The maximum atomic E-state index is 13.9. The van der Waals surface area contributed by atoms with E-state index < -0.39 is 26.5 Å². The van der Waals surface area contributed by atoms with E-state index in [1.165, 1.54) is 11.0 Å². The van der Waals surface area contributed by atoms with Gasteiger partial charge < -0.3 is 9.64 Å². The lowest BCUT2D eigenvalue weighted by atomic mass is 9.82. The van der Waals surface area contributed by atoms with Gasteiger partial charge >= 0.3 is 0 Å². The lowest BCUT2D eigenvalue weighted by Crippen LogP contribution is -2.37. The van der Waals surface area contributed by atoms with Crippen molar-refractivity contribution in [2.75, 3.05) is 46.3 Å². The van der Waals surface area contributed by atoms with Crippen molar-refractivity contribution in [3.63, 3.8) is 0 Å². The van der Waals surface area contributed by atoms with E-state index in [1.54, 1.807) is 44.7 Å². The highest BCUT2D eigenvalue weighted by atomic mass is 35.5. The molecule has 49 heavy (non-hydrogen) atoms. The molecule has 12 heteroatoms. The van der Waals surface area contributed by atoms with Crippen LogP contribution >= 0.6 is 23.2 Å². The number of hydrogen-bond acceptors (Lipinski definition) is 7. The number of rotatable bonds is 11. The number of carbonyl (C=O) groups is 1. The highest BCUT2D eigenvalue weighted by molar-refractivity contribution is 7.90. The third-order valence-electron chi connectivity index (χ3n) is 9.25. The number of benzene rings is 4. The van der Waals surface area contributed by atoms with Crippen molar-refractivity contribution in [3.05, 3.63) is 99.0 Å². The Hall–Kier alpha value is -3.46. The second-order valence-electron chi connectivity index (χ2n) is 12.5. The van der Waals surface area contributed by atoms with Crippen molar-refractivity contribution in [1.29, 1.82) is 5.26 Å². The Morgan fingerprint density at radius 1 is 1.08 bits per heavy atom. The highest BCUT2D eigenvalue weighted by Crippen LogP contribution is 2.43. The third-order valence-corrected chi connectivity index (χ3v) is 12.1. The first-order valence-corrected chi connectivity index (χ1v) is 20.2. The average Bonchev–Trinajstić information content (AvgIpc) is 3.09. The van der Waals surface area contributed by atoms with E-state index >= 15 is 0 Å². The van der Waals surface area contributed by atoms with Gasteiger partial charge in [-0.1, -0.05) is 59.6 Å². The van der Waals surface area contributed by atoms with Crippen molar-refractivity contribution in [2.45, 2.75) is 47.4 Å². The molecule has 0 aliphatic carbocycles. The average molecular weight is 741 g/mol. The van der Waals surface area contributed by atoms with Crippen LogP contribution < -0.4 is 4.74 Å². The van der Waals surface area contributed by atoms with Crippen LogP contribution in [0.3, 0.4) is 0 Å². The van der Waals surface area contributed by atoms with E-state index in [2.05, 4.69) is 4.90 Å². The van der Waals surface area contributed by atoms with Crippen LogP contribution in [0.4, 0.5) is 0 Å². The summed E-state index contributed by atoms with van der Waals surface area (Å²) in [7, 11) is -1.80. The number of fused-ring (bicyclic) bond motifs is 1. The van der Waals surface area contributed by atoms with Crippen molar-refractivity contribution in [3.8, 4) is 11.8 Å². The molecule has 1 heterocycles. The second kappa shape index (κ2) is 15.6. The van der Waals surface area contributed by atoms with Crippen LogP contribution in [0.25, 0.3) is 10.8 Å². The molecule has 0 N–H and O–H groups in total. The first-order chi connectivity index (χ1) is 23.3. The van der Waals surface area contributed by atoms with Gasteiger partial charge in [0.2, 0.25) is 0 Å². The Kier molecular flexibility index (Phi) is 11.7. The van der Waals surface area contributed by atoms with Crippen LogP contribution in [0, 0.1) is 11.3 Å². The van der Waals surface area contributed by atoms with Crippen molar-refractivity contribution in [1.82, 2.24) is 9.80 Å². The molecule has 1 amide bonds. The summed E-state index contributed by atoms with van der Waals surface area (Å²) in [5.74, 6) is 0.411. The van der Waals surface area contributed by atoms with E-state index in [4.69, 9.17) is 27.9 Å². The molecule has 258 valence electrons. The Morgan fingerprint density at radius 3 is 2.51 bits per heavy atom. The maximum absolute atomic E-state index is 13.9. The topological polar surface area (TPSA) is 108 Å². The zero-order chi connectivity index (χ0) is 35.5. The number of nitriles is 1. The minimum Gasteiger partial charge on any atom is -0.497 e. The zero-order valence-electron chi connectivity index (χ0n) is 27.9. The summed E-state index contributed by atoms with van der Waals surface area (Å²) in [6.45, 7) is 1.96. The van der Waals surface area contributed by atoms with E-state index in [9.17, 15) is 22.7 Å². The van der Waals surface area contributed by atoms with Gasteiger partial charge in [-0.25, -0.2) is 8.42 Å². The number of unbranched alkanes of at least 4 members (excludes halogenated alkanes) is 1. The number of likely N-dealkylation sites (tertiary alicyclic amines) is 1. The molecule has 4 aromatic rings. The van der Waals surface area contributed by atoms with Crippen LogP contribution in [0.5, 0.6) is 5.75 Å². The van der Waals surface area contributed by atoms with Gasteiger partial charge in [0.15, 0.2) is 9.84 Å². The summed E-state index contributed by atoms with van der Waals surface area (Å²) in [6.07, 6.45) is 5.85.